The summed E-state index contributed by atoms with van der Waals surface area (Å²) < 4.78 is 62.1. The van der Waals surface area contributed by atoms with Crippen molar-refractivity contribution >= 4 is 11.5 Å². The minimum absolute atomic E-state index is 0.0463. The standard InChI is InChI=1S/C22H16F4N4O/c23-17-6-7-18-14(8-9-31-18)16(17)11-28-21-27-10-15(13-4-2-1-3-5-13)19-20(22(24,25)26)29-12-30(19)21/h1-7,10,12H,8-9,11H2,(H,27,28). The van der Waals surface area contributed by atoms with Gasteiger partial charge in [-0.15, -0.1) is 0 Å². The molecule has 2 aromatic carbocycles. The number of rotatable bonds is 4. The third-order valence-electron chi connectivity index (χ3n) is 5.28. The summed E-state index contributed by atoms with van der Waals surface area (Å²) >= 11 is 0. The Morgan fingerprint density at radius 1 is 1.06 bits per heavy atom. The SMILES string of the molecule is Fc1ccc2c(c1CNc1ncc(-c3ccccc3)c3c(C(F)(F)F)ncn13)CCO2. The number of imidazole rings is 1. The molecule has 0 saturated heterocycles. The highest BCUT2D eigenvalue weighted by atomic mass is 19.4. The third kappa shape index (κ3) is 3.35. The molecule has 0 unspecified atom stereocenters. The number of fused-ring (bicyclic) bond motifs is 2. The van der Waals surface area contributed by atoms with Gasteiger partial charge in [-0.05, 0) is 17.7 Å². The van der Waals surface area contributed by atoms with Gasteiger partial charge < -0.3 is 10.1 Å². The molecular formula is C22H16F4N4O. The van der Waals surface area contributed by atoms with Crippen molar-refractivity contribution < 1.29 is 22.3 Å². The average Bonchev–Trinajstić information content (AvgIpc) is 3.41. The quantitative estimate of drug-likeness (QED) is 0.460. The van der Waals surface area contributed by atoms with Crippen molar-refractivity contribution in [2.75, 3.05) is 11.9 Å². The summed E-state index contributed by atoms with van der Waals surface area (Å²) in [6.07, 6.45) is -1.61. The molecule has 0 bridgehead atoms. The van der Waals surface area contributed by atoms with E-state index in [2.05, 4.69) is 15.3 Å². The Bertz CT molecular complexity index is 1270. The molecule has 4 aromatic rings. The van der Waals surface area contributed by atoms with Crippen molar-refractivity contribution in [1.82, 2.24) is 14.4 Å². The van der Waals surface area contributed by atoms with Crippen LogP contribution in [0.25, 0.3) is 16.6 Å². The van der Waals surface area contributed by atoms with Gasteiger partial charge in [-0.25, -0.2) is 14.4 Å². The minimum Gasteiger partial charge on any atom is -0.493 e. The van der Waals surface area contributed by atoms with Gasteiger partial charge >= 0.3 is 6.18 Å². The predicted molar refractivity (Wildman–Crippen MR) is 106 cm³/mol. The largest absolute Gasteiger partial charge is 0.493 e. The topological polar surface area (TPSA) is 51.5 Å². The molecule has 0 spiro atoms. The smallest absolute Gasteiger partial charge is 0.435 e. The second-order valence-corrected chi connectivity index (χ2v) is 7.13. The number of anilines is 1. The molecule has 1 aliphatic heterocycles. The Morgan fingerprint density at radius 2 is 1.87 bits per heavy atom. The molecule has 0 saturated carbocycles. The zero-order valence-electron chi connectivity index (χ0n) is 16.1. The van der Waals surface area contributed by atoms with Crippen LogP contribution in [-0.2, 0) is 19.1 Å². The second-order valence-electron chi connectivity index (χ2n) is 7.13. The zero-order valence-corrected chi connectivity index (χ0v) is 16.1. The average molecular weight is 428 g/mol. The van der Waals surface area contributed by atoms with E-state index in [0.717, 1.165) is 11.9 Å². The monoisotopic (exact) mass is 428 g/mol. The lowest BCUT2D eigenvalue weighted by Crippen LogP contribution is -2.11. The van der Waals surface area contributed by atoms with E-state index < -0.39 is 17.7 Å². The maximum Gasteiger partial charge on any atom is 0.435 e. The Labute approximate surface area is 174 Å². The molecule has 5 rings (SSSR count). The van der Waals surface area contributed by atoms with Crippen LogP contribution >= 0.6 is 0 Å². The highest BCUT2D eigenvalue weighted by Crippen LogP contribution is 2.37. The summed E-state index contributed by atoms with van der Waals surface area (Å²) in [5.41, 5.74) is 0.938. The van der Waals surface area contributed by atoms with Crippen molar-refractivity contribution in [3.05, 3.63) is 77.6 Å². The van der Waals surface area contributed by atoms with E-state index in [1.165, 1.54) is 16.7 Å². The Balaban J connectivity index is 1.59. The fourth-order valence-electron chi connectivity index (χ4n) is 3.86. The van der Waals surface area contributed by atoms with Gasteiger partial charge in [-0.2, -0.15) is 13.2 Å². The van der Waals surface area contributed by atoms with Crippen molar-refractivity contribution in [3.63, 3.8) is 0 Å². The van der Waals surface area contributed by atoms with Crippen LogP contribution in [-0.4, -0.2) is 21.0 Å². The zero-order chi connectivity index (χ0) is 21.6. The van der Waals surface area contributed by atoms with Crippen LogP contribution in [0.2, 0.25) is 0 Å². The number of alkyl halides is 3. The molecule has 0 radical (unpaired) electrons. The Morgan fingerprint density at radius 3 is 2.65 bits per heavy atom. The number of aromatic nitrogens is 3. The van der Waals surface area contributed by atoms with E-state index in [1.807, 2.05) is 0 Å². The maximum atomic E-state index is 14.4. The molecule has 158 valence electrons. The molecule has 0 amide bonds. The van der Waals surface area contributed by atoms with E-state index in [1.54, 1.807) is 36.4 Å². The summed E-state index contributed by atoms with van der Waals surface area (Å²) in [5.74, 6) is 0.349. The van der Waals surface area contributed by atoms with Gasteiger partial charge in [-0.3, -0.25) is 4.40 Å². The first-order valence-electron chi connectivity index (χ1n) is 9.59. The van der Waals surface area contributed by atoms with Crippen LogP contribution in [0.1, 0.15) is 16.8 Å². The summed E-state index contributed by atoms with van der Waals surface area (Å²) in [6, 6.07) is 11.6. The highest BCUT2D eigenvalue weighted by Gasteiger charge is 2.37. The van der Waals surface area contributed by atoms with Crippen LogP contribution in [0, 0.1) is 5.82 Å². The Hall–Kier alpha value is -3.62. The first-order valence-corrected chi connectivity index (χ1v) is 9.59. The molecule has 3 heterocycles. The number of ether oxygens (including phenoxy) is 1. The van der Waals surface area contributed by atoms with Gasteiger partial charge in [0.05, 0.1) is 12.1 Å². The van der Waals surface area contributed by atoms with Gasteiger partial charge in [0.1, 0.15) is 17.9 Å². The van der Waals surface area contributed by atoms with E-state index in [0.29, 0.717) is 35.5 Å². The number of nitrogens with one attached hydrogen (secondary N) is 1. The van der Waals surface area contributed by atoms with Crippen molar-refractivity contribution in [3.8, 4) is 16.9 Å². The molecule has 1 N–H and O–H groups in total. The molecule has 2 aromatic heterocycles. The summed E-state index contributed by atoms with van der Waals surface area (Å²) in [5, 5.41) is 2.97. The first-order chi connectivity index (χ1) is 14.9. The van der Waals surface area contributed by atoms with Gasteiger partial charge in [0.2, 0.25) is 5.95 Å². The molecule has 5 nitrogen and oxygen atoms in total. The van der Waals surface area contributed by atoms with E-state index >= 15 is 0 Å². The van der Waals surface area contributed by atoms with Gasteiger partial charge in [0.15, 0.2) is 5.69 Å². The molecule has 1 aliphatic rings. The lowest BCUT2D eigenvalue weighted by molar-refractivity contribution is -0.139. The fraction of sp³-hybridized carbons (Fsp3) is 0.182. The Kier molecular flexibility index (Phi) is 4.53. The summed E-state index contributed by atoms with van der Waals surface area (Å²) in [7, 11) is 0. The van der Waals surface area contributed by atoms with E-state index in [4.69, 9.17) is 4.74 Å². The summed E-state index contributed by atoms with van der Waals surface area (Å²) in [4.78, 5) is 7.92. The van der Waals surface area contributed by atoms with E-state index in [9.17, 15) is 17.6 Å². The summed E-state index contributed by atoms with van der Waals surface area (Å²) in [6.45, 7) is 0.515. The number of benzene rings is 2. The number of nitrogens with zero attached hydrogens (tertiary/aromatic N) is 3. The molecular weight excluding hydrogens is 412 g/mol. The van der Waals surface area contributed by atoms with E-state index in [-0.39, 0.29) is 18.0 Å². The van der Waals surface area contributed by atoms with Gasteiger partial charge in [0.25, 0.3) is 0 Å². The number of hydrogen-bond donors (Lipinski definition) is 1. The van der Waals surface area contributed by atoms with Crippen LogP contribution < -0.4 is 10.1 Å². The highest BCUT2D eigenvalue weighted by molar-refractivity contribution is 5.83. The van der Waals surface area contributed by atoms with Crippen LogP contribution in [0.5, 0.6) is 5.75 Å². The number of halogens is 4. The lowest BCUT2D eigenvalue weighted by Gasteiger charge is -2.14. The maximum absolute atomic E-state index is 14.4. The molecule has 0 fully saturated rings. The lowest BCUT2D eigenvalue weighted by atomic mass is 10.0. The van der Waals surface area contributed by atoms with Crippen LogP contribution in [0.4, 0.5) is 23.5 Å². The first kappa shape index (κ1) is 19.3. The predicted octanol–water partition coefficient (Wildman–Crippen LogP) is 5.10. The second kappa shape index (κ2) is 7.26. The van der Waals surface area contributed by atoms with Crippen molar-refractivity contribution in [2.24, 2.45) is 0 Å². The molecule has 31 heavy (non-hydrogen) atoms. The third-order valence-corrected chi connectivity index (χ3v) is 5.28. The normalized spacial score (nSPS) is 13.3. The fourth-order valence-corrected chi connectivity index (χ4v) is 3.86. The van der Waals surface area contributed by atoms with Crippen molar-refractivity contribution in [1.29, 1.82) is 0 Å². The molecule has 0 atom stereocenters. The van der Waals surface area contributed by atoms with Crippen LogP contribution in [0.3, 0.4) is 0 Å². The van der Waals surface area contributed by atoms with Crippen LogP contribution in [0.15, 0.2) is 55.0 Å². The van der Waals surface area contributed by atoms with Gasteiger partial charge in [-0.1, -0.05) is 30.3 Å². The number of hydrogen-bond acceptors (Lipinski definition) is 4. The minimum atomic E-state index is -4.64. The van der Waals surface area contributed by atoms with Crippen molar-refractivity contribution in [2.45, 2.75) is 19.1 Å². The van der Waals surface area contributed by atoms with Gasteiger partial charge in [0, 0.05) is 35.9 Å². The molecule has 9 heteroatoms. The molecule has 0 aliphatic carbocycles.